The maximum Gasteiger partial charge on any atom is 0.191 e. The van der Waals surface area contributed by atoms with E-state index in [-0.39, 0.29) is 24.0 Å². The topological polar surface area (TPSA) is 59.9 Å². The Morgan fingerprint density at radius 1 is 1.38 bits per heavy atom. The van der Waals surface area contributed by atoms with E-state index in [0.717, 1.165) is 62.3 Å². The van der Waals surface area contributed by atoms with Gasteiger partial charge in [-0.05, 0) is 37.9 Å². The summed E-state index contributed by atoms with van der Waals surface area (Å²) >= 11 is 1.82. The Labute approximate surface area is 168 Å². The fourth-order valence-corrected chi connectivity index (χ4v) is 4.52. The zero-order valence-corrected chi connectivity index (χ0v) is 18.5. The monoisotopic (exact) mass is 470 g/mol. The van der Waals surface area contributed by atoms with Crippen LogP contribution in [0.5, 0.6) is 0 Å². The second-order valence-electron chi connectivity index (χ2n) is 7.34. The number of hydrogen-bond acceptors (Lipinski definition) is 4. The van der Waals surface area contributed by atoms with Gasteiger partial charge in [0.25, 0.3) is 0 Å². The molecule has 24 heavy (non-hydrogen) atoms. The van der Waals surface area contributed by atoms with Crippen molar-refractivity contribution >= 4 is 41.7 Å². The van der Waals surface area contributed by atoms with Gasteiger partial charge in [-0.3, -0.25) is 4.99 Å². The molecule has 2 aliphatic heterocycles. The lowest BCUT2D eigenvalue weighted by Crippen LogP contribution is -2.49. The minimum Gasteiger partial charge on any atom is -0.387 e. The molecule has 0 radical (unpaired) electrons. The summed E-state index contributed by atoms with van der Waals surface area (Å²) in [6.45, 7) is 11.5. The van der Waals surface area contributed by atoms with Gasteiger partial charge in [-0.1, -0.05) is 13.8 Å². The van der Waals surface area contributed by atoms with Crippen molar-refractivity contribution < 1.29 is 5.11 Å². The van der Waals surface area contributed by atoms with Gasteiger partial charge >= 0.3 is 0 Å². The average Bonchev–Trinajstić information content (AvgIpc) is 2.94. The highest BCUT2D eigenvalue weighted by Gasteiger charge is 2.31. The molecule has 2 heterocycles. The van der Waals surface area contributed by atoms with Crippen molar-refractivity contribution in [2.24, 2.45) is 10.9 Å². The summed E-state index contributed by atoms with van der Waals surface area (Å²) in [4.78, 5) is 7.21. The van der Waals surface area contributed by atoms with E-state index in [4.69, 9.17) is 0 Å². The average molecular weight is 470 g/mol. The summed E-state index contributed by atoms with van der Waals surface area (Å²) in [5, 5.41) is 17.3. The molecule has 0 amide bonds. The maximum absolute atomic E-state index is 10.4. The standard InChI is InChI=1S/C17H34N4OS.HI/c1-4-18-16(19-12-17(22)7-10-23-13-17)20-15-5-8-21(9-6-15)11-14(2)3;/h14-15,22H,4-13H2,1-3H3,(H2,18,19,20);1H. The molecule has 0 spiro atoms. The molecule has 1 atom stereocenters. The molecule has 0 aromatic heterocycles. The molecule has 1 unspecified atom stereocenters. The van der Waals surface area contributed by atoms with Crippen LogP contribution in [0.4, 0.5) is 0 Å². The summed E-state index contributed by atoms with van der Waals surface area (Å²) in [5.41, 5.74) is -0.604. The van der Waals surface area contributed by atoms with Crippen molar-refractivity contribution in [2.45, 2.75) is 51.7 Å². The predicted molar refractivity (Wildman–Crippen MR) is 116 cm³/mol. The van der Waals surface area contributed by atoms with E-state index in [9.17, 15) is 5.11 Å². The number of halogens is 1. The molecule has 3 N–H and O–H groups in total. The Hall–Kier alpha value is 0.270. The highest BCUT2D eigenvalue weighted by Crippen LogP contribution is 2.27. The predicted octanol–water partition coefficient (Wildman–Crippen LogP) is 2.15. The van der Waals surface area contributed by atoms with Gasteiger partial charge in [0.05, 0.1) is 12.1 Å². The van der Waals surface area contributed by atoms with E-state index in [1.807, 2.05) is 11.8 Å². The highest BCUT2D eigenvalue weighted by atomic mass is 127. The number of thioether (sulfide) groups is 1. The quantitative estimate of drug-likeness (QED) is 0.316. The van der Waals surface area contributed by atoms with Crippen LogP contribution in [-0.2, 0) is 0 Å². The van der Waals surface area contributed by atoms with E-state index in [0.29, 0.717) is 12.6 Å². The summed E-state index contributed by atoms with van der Waals surface area (Å²) in [5.74, 6) is 3.46. The third-order valence-corrected chi connectivity index (χ3v) is 5.74. The summed E-state index contributed by atoms with van der Waals surface area (Å²) in [6, 6.07) is 0.490. The van der Waals surface area contributed by atoms with E-state index in [1.54, 1.807) is 0 Å². The van der Waals surface area contributed by atoms with Gasteiger partial charge in [-0.15, -0.1) is 24.0 Å². The molecular weight excluding hydrogens is 435 g/mol. The number of nitrogens with zero attached hydrogens (tertiary/aromatic N) is 2. The normalized spacial score (nSPS) is 26.5. The minimum absolute atomic E-state index is 0. The number of guanidine groups is 1. The Morgan fingerprint density at radius 3 is 2.62 bits per heavy atom. The largest absolute Gasteiger partial charge is 0.387 e. The van der Waals surface area contributed by atoms with Crippen molar-refractivity contribution in [2.75, 3.05) is 44.2 Å². The Bertz CT molecular complexity index is 381. The molecule has 0 saturated carbocycles. The number of nitrogens with one attached hydrogen (secondary N) is 2. The van der Waals surface area contributed by atoms with Gasteiger partial charge in [-0.25, -0.2) is 0 Å². The van der Waals surface area contributed by atoms with Gasteiger partial charge in [0.15, 0.2) is 5.96 Å². The van der Waals surface area contributed by atoms with Crippen molar-refractivity contribution in [1.29, 1.82) is 0 Å². The smallest absolute Gasteiger partial charge is 0.191 e. The number of aliphatic imine (C=N–C) groups is 1. The van der Waals surface area contributed by atoms with Crippen molar-refractivity contribution in [3.63, 3.8) is 0 Å². The first-order chi connectivity index (χ1) is 11.0. The summed E-state index contributed by atoms with van der Waals surface area (Å²) in [7, 11) is 0. The van der Waals surface area contributed by atoms with Gasteiger partial charge < -0.3 is 20.6 Å². The second-order valence-corrected chi connectivity index (χ2v) is 8.44. The Balaban J connectivity index is 0.00000288. The lowest BCUT2D eigenvalue weighted by Gasteiger charge is -2.34. The number of hydrogen-bond donors (Lipinski definition) is 3. The zero-order chi connectivity index (χ0) is 16.7. The molecular formula is C17H35IN4OS. The first-order valence-electron chi connectivity index (χ1n) is 9.08. The minimum atomic E-state index is -0.604. The summed E-state index contributed by atoms with van der Waals surface area (Å²) < 4.78 is 0. The second kappa shape index (κ2) is 11.1. The number of rotatable bonds is 6. The molecule has 5 nitrogen and oxygen atoms in total. The van der Waals surface area contributed by atoms with Crippen LogP contribution in [0.1, 0.15) is 40.0 Å². The van der Waals surface area contributed by atoms with Crippen LogP contribution in [0.15, 0.2) is 4.99 Å². The molecule has 7 heteroatoms. The number of piperidine rings is 1. The Morgan fingerprint density at radius 2 is 2.08 bits per heavy atom. The first-order valence-corrected chi connectivity index (χ1v) is 10.2. The van der Waals surface area contributed by atoms with Crippen LogP contribution in [0.25, 0.3) is 0 Å². The number of aliphatic hydroxyl groups is 1. The molecule has 2 fully saturated rings. The van der Waals surface area contributed by atoms with Crippen molar-refractivity contribution in [3.05, 3.63) is 0 Å². The van der Waals surface area contributed by atoms with Gasteiger partial charge in [0, 0.05) is 38.0 Å². The van der Waals surface area contributed by atoms with Crippen LogP contribution < -0.4 is 10.6 Å². The molecule has 0 aromatic rings. The third-order valence-electron chi connectivity index (χ3n) is 4.51. The van der Waals surface area contributed by atoms with E-state index >= 15 is 0 Å². The fourth-order valence-electron chi connectivity index (χ4n) is 3.24. The Kier molecular flexibility index (Phi) is 10.3. The molecule has 142 valence electrons. The van der Waals surface area contributed by atoms with Crippen LogP contribution in [0.3, 0.4) is 0 Å². The SMILES string of the molecule is CCNC(=NCC1(O)CCSC1)NC1CCN(CC(C)C)CC1.I. The number of likely N-dealkylation sites (tertiary alicyclic amines) is 1. The highest BCUT2D eigenvalue weighted by molar-refractivity contribution is 14.0. The zero-order valence-electron chi connectivity index (χ0n) is 15.4. The van der Waals surface area contributed by atoms with Crippen molar-refractivity contribution in [3.8, 4) is 0 Å². The lowest BCUT2D eigenvalue weighted by molar-refractivity contribution is 0.0778. The van der Waals surface area contributed by atoms with E-state index in [1.165, 1.54) is 6.54 Å². The van der Waals surface area contributed by atoms with Crippen LogP contribution in [0, 0.1) is 5.92 Å². The third kappa shape index (κ3) is 7.66. The van der Waals surface area contributed by atoms with Crippen LogP contribution in [-0.4, -0.2) is 71.8 Å². The molecule has 0 aromatic carbocycles. The lowest BCUT2D eigenvalue weighted by atomic mass is 10.0. The van der Waals surface area contributed by atoms with Crippen LogP contribution >= 0.6 is 35.7 Å². The molecule has 0 bridgehead atoms. The maximum atomic E-state index is 10.4. The van der Waals surface area contributed by atoms with Crippen LogP contribution in [0.2, 0.25) is 0 Å². The van der Waals surface area contributed by atoms with E-state index < -0.39 is 5.60 Å². The van der Waals surface area contributed by atoms with Gasteiger partial charge in [0.1, 0.15) is 0 Å². The van der Waals surface area contributed by atoms with E-state index in [2.05, 4.69) is 41.3 Å². The summed E-state index contributed by atoms with van der Waals surface area (Å²) in [6.07, 6.45) is 3.18. The molecule has 2 saturated heterocycles. The molecule has 2 aliphatic rings. The first kappa shape index (κ1) is 22.3. The van der Waals surface area contributed by atoms with Gasteiger partial charge in [-0.2, -0.15) is 11.8 Å². The van der Waals surface area contributed by atoms with Crippen molar-refractivity contribution in [1.82, 2.24) is 15.5 Å². The van der Waals surface area contributed by atoms with Gasteiger partial charge in [0.2, 0.25) is 0 Å². The molecule has 0 aliphatic carbocycles. The fraction of sp³-hybridized carbons (Fsp3) is 0.941. The molecule has 2 rings (SSSR count).